The summed E-state index contributed by atoms with van der Waals surface area (Å²) in [4.78, 5) is 0. The fraction of sp³-hybridized carbons (Fsp3) is 1.00. The second-order valence-electron chi connectivity index (χ2n) is 2.71. The van der Waals surface area contributed by atoms with Crippen LogP contribution in [0, 0.1) is 5.92 Å². The number of rotatable bonds is 3. The zero-order valence-electron chi connectivity index (χ0n) is 6.32. The minimum atomic E-state index is -1.37. The van der Waals surface area contributed by atoms with Gasteiger partial charge in [0.1, 0.15) is 0 Å². The molecule has 10 heavy (non-hydrogen) atoms. The summed E-state index contributed by atoms with van der Waals surface area (Å²) in [6.07, 6.45) is 0.650. The molecule has 0 heterocycles. The van der Waals surface area contributed by atoms with Crippen LogP contribution < -0.4 is 5.73 Å². The Morgan fingerprint density at radius 2 is 1.80 bits per heavy atom. The molecule has 62 valence electrons. The molecule has 0 bridgehead atoms. The van der Waals surface area contributed by atoms with Crippen LogP contribution in [0.3, 0.4) is 0 Å². The van der Waals surface area contributed by atoms with E-state index >= 15 is 0 Å². The zero-order valence-corrected chi connectivity index (χ0v) is 7.14. The van der Waals surface area contributed by atoms with Gasteiger partial charge in [-0.25, -0.2) is 0 Å². The summed E-state index contributed by atoms with van der Waals surface area (Å²) >= 11 is 0. The first-order valence-corrected chi connectivity index (χ1v) is 3.15. The van der Waals surface area contributed by atoms with Gasteiger partial charge in [0.15, 0.2) is 0 Å². The molecule has 0 spiro atoms. The number of nitrogens with two attached hydrogens (primary N) is 1. The van der Waals surface area contributed by atoms with Gasteiger partial charge in [-0.2, -0.15) is 0 Å². The van der Waals surface area contributed by atoms with E-state index in [9.17, 15) is 0 Å². The van der Waals surface area contributed by atoms with Gasteiger partial charge < -0.3 is 15.8 Å². The highest BCUT2D eigenvalue weighted by Crippen LogP contribution is 2.02. The molecule has 0 aliphatic rings. The molecule has 0 aromatic heterocycles. The highest BCUT2D eigenvalue weighted by molar-refractivity contribution is 6.43. The van der Waals surface area contributed by atoms with Crippen molar-refractivity contribution in [1.82, 2.24) is 0 Å². The number of hydrogen-bond donors (Lipinski definition) is 3. The average Bonchev–Trinajstić information content (AvgIpc) is 1.63. The van der Waals surface area contributed by atoms with Crippen molar-refractivity contribution >= 4 is 19.5 Å². The summed E-state index contributed by atoms with van der Waals surface area (Å²) in [7, 11) is -1.37. The third kappa shape index (κ3) is 6.36. The Morgan fingerprint density at radius 3 is 1.90 bits per heavy atom. The van der Waals surface area contributed by atoms with E-state index in [-0.39, 0.29) is 12.4 Å². The van der Waals surface area contributed by atoms with Crippen LogP contribution in [-0.2, 0) is 0 Å². The molecule has 4 N–H and O–H groups in total. The summed E-state index contributed by atoms with van der Waals surface area (Å²) in [5, 5.41) is 17.0. The molecule has 0 rings (SSSR count). The van der Waals surface area contributed by atoms with Crippen LogP contribution in [0.4, 0.5) is 0 Å². The van der Waals surface area contributed by atoms with E-state index in [1.807, 2.05) is 13.8 Å². The van der Waals surface area contributed by atoms with Crippen LogP contribution in [0.2, 0.25) is 0 Å². The average molecular weight is 167 g/mol. The van der Waals surface area contributed by atoms with E-state index in [1.165, 1.54) is 0 Å². The van der Waals surface area contributed by atoms with E-state index in [0.29, 0.717) is 12.3 Å². The Labute approximate surface area is 68.2 Å². The minimum absolute atomic E-state index is 0. The topological polar surface area (TPSA) is 66.5 Å². The van der Waals surface area contributed by atoms with Gasteiger partial charge in [-0.1, -0.05) is 13.8 Å². The minimum Gasteiger partial charge on any atom is -0.426 e. The summed E-state index contributed by atoms with van der Waals surface area (Å²) < 4.78 is 0. The van der Waals surface area contributed by atoms with Gasteiger partial charge in [0.25, 0.3) is 0 Å². The number of halogens is 1. The highest BCUT2D eigenvalue weighted by atomic mass is 35.5. The van der Waals surface area contributed by atoms with E-state index in [2.05, 4.69) is 0 Å². The molecule has 0 fully saturated rings. The van der Waals surface area contributed by atoms with Crippen molar-refractivity contribution in [1.29, 1.82) is 0 Å². The summed E-state index contributed by atoms with van der Waals surface area (Å²) in [5.41, 5.74) is 5.32. The summed E-state index contributed by atoms with van der Waals surface area (Å²) in [6.45, 7) is 3.98. The molecule has 0 aliphatic heterocycles. The molecule has 0 saturated heterocycles. The predicted octanol–water partition coefficient (Wildman–Crippen LogP) is -0.206. The normalized spacial score (nSPS) is 12.6. The van der Waals surface area contributed by atoms with Crippen LogP contribution in [0.5, 0.6) is 0 Å². The SMILES string of the molecule is CC(C)C[C@H](N)B(O)O.Cl. The molecule has 0 radical (unpaired) electrons. The molecule has 0 unspecified atom stereocenters. The first kappa shape index (κ1) is 12.9. The maximum Gasteiger partial charge on any atom is 0.469 e. The summed E-state index contributed by atoms with van der Waals surface area (Å²) in [6, 6.07) is 0. The largest absolute Gasteiger partial charge is 0.469 e. The lowest BCUT2D eigenvalue weighted by atomic mass is 9.76. The van der Waals surface area contributed by atoms with Crippen molar-refractivity contribution in [2.75, 3.05) is 0 Å². The fourth-order valence-corrected chi connectivity index (χ4v) is 0.666. The van der Waals surface area contributed by atoms with Gasteiger partial charge in [0.05, 0.1) is 0 Å². The Hall–Kier alpha value is 0.235. The van der Waals surface area contributed by atoms with Crippen molar-refractivity contribution in [3.8, 4) is 0 Å². The summed E-state index contributed by atoms with van der Waals surface area (Å²) in [5.74, 6) is -0.0770. The van der Waals surface area contributed by atoms with Gasteiger partial charge in [0.2, 0.25) is 0 Å². The maximum absolute atomic E-state index is 8.50. The number of hydrogen-bond acceptors (Lipinski definition) is 3. The zero-order chi connectivity index (χ0) is 7.44. The van der Waals surface area contributed by atoms with Crippen molar-refractivity contribution in [3.63, 3.8) is 0 Å². The Balaban J connectivity index is 0. The molecule has 0 amide bonds. The van der Waals surface area contributed by atoms with Gasteiger partial charge in [0, 0.05) is 5.94 Å². The third-order valence-electron chi connectivity index (χ3n) is 1.13. The molecule has 0 aromatic carbocycles. The molecular weight excluding hydrogens is 152 g/mol. The molecule has 0 saturated carbocycles. The first-order valence-electron chi connectivity index (χ1n) is 3.15. The lowest BCUT2D eigenvalue weighted by Gasteiger charge is -2.11. The molecule has 0 aliphatic carbocycles. The van der Waals surface area contributed by atoms with E-state index in [1.54, 1.807) is 0 Å². The monoisotopic (exact) mass is 167 g/mol. The van der Waals surface area contributed by atoms with Gasteiger partial charge in [-0.15, -0.1) is 12.4 Å². The van der Waals surface area contributed by atoms with Gasteiger partial charge >= 0.3 is 7.12 Å². The molecule has 0 aromatic rings. The van der Waals surface area contributed by atoms with Crippen LogP contribution >= 0.6 is 12.4 Å². The van der Waals surface area contributed by atoms with E-state index in [4.69, 9.17) is 15.8 Å². The highest BCUT2D eigenvalue weighted by Gasteiger charge is 2.18. The predicted molar refractivity (Wildman–Crippen MR) is 44.9 cm³/mol. The van der Waals surface area contributed by atoms with Crippen LogP contribution in [0.1, 0.15) is 20.3 Å². The van der Waals surface area contributed by atoms with E-state index in [0.717, 1.165) is 0 Å². The Morgan fingerprint density at radius 1 is 1.40 bits per heavy atom. The molecular formula is C5H15BClNO2. The van der Waals surface area contributed by atoms with Crippen LogP contribution in [-0.4, -0.2) is 23.1 Å². The van der Waals surface area contributed by atoms with Gasteiger partial charge in [-0.3, -0.25) is 0 Å². The third-order valence-corrected chi connectivity index (χ3v) is 1.13. The first-order chi connectivity index (χ1) is 4.04. The lowest BCUT2D eigenvalue weighted by Crippen LogP contribution is -2.39. The standard InChI is InChI=1S/C5H14BNO2.ClH/c1-4(2)3-5(7)6(8)9;/h4-5,8-9H,3,7H2,1-2H3;1H/t5-;/m0./s1. The smallest absolute Gasteiger partial charge is 0.426 e. The van der Waals surface area contributed by atoms with E-state index < -0.39 is 13.1 Å². The quantitative estimate of drug-likeness (QED) is 0.510. The van der Waals surface area contributed by atoms with Gasteiger partial charge in [-0.05, 0) is 12.3 Å². The van der Waals surface area contributed by atoms with Crippen LogP contribution in [0.25, 0.3) is 0 Å². The van der Waals surface area contributed by atoms with Crippen molar-refractivity contribution in [2.45, 2.75) is 26.2 Å². The van der Waals surface area contributed by atoms with Crippen molar-refractivity contribution < 1.29 is 10.0 Å². The maximum atomic E-state index is 8.50. The lowest BCUT2D eigenvalue weighted by molar-refractivity contribution is 0.371. The Bertz CT molecular complexity index is 82.0. The molecule has 3 nitrogen and oxygen atoms in total. The fourth-order valence-electron chi connectivity index (χ4n) is 0.666. The molecule has 5 heteroatoms. The van der Waals surface area contributed by atoms with Crippen molar-refractivity contribution in [2.24, 2.45) is 11.7 Å². The second kappa shape index (κ2) is 5.98. The molecule has 1 atom stereocenters. The van der Waals surface area contributed by atoms with Crippen molar-refractivity contribution in [3.05, 3.63) is 0 Å². The second-order valence-corrected chi connectivity index (χ2v) is 2.71. The Kier molecular flexibility index (Phi) is 7.70. The van der Waals surface area contributed by atoms with Crippen LogP contribution in [0.15, 0.2) is 0 Å².